The number of hydrogen-bond donors (Lipinski definition) is 6. The molecule has 6 nitrogen and oxygen atoms in total. The maximum Gasteiger partial charge on any atom is 0.136 e. The summed E-state index contributed by atoms with van der Waals surface area (Å²) in [6, 6.07) is 17.7. The predicted molar refractivity (Wildman–Crippen MR) is 117 cm³/mol. The molecule has 6 atom stereocenters. The Labute approximate surface area is 183 Å². The van der Waals surface area contributed by atoms with Crippen LogP contribution < -0.4 is 0 Å². The maximum atomic E-state index is 11.9. The molecule has 2 aromatic carbocycles. The van der Waals surface area contributed by atoms with Crippen molar-refractivity contribution in [2.75, 3.05) is 0 Å². The fourth-order valence-electron chi connectivity index (χ4n) is 5.51. The molecule has 0 heterocycles. The van der Waals surface area contributed by atoms with Crippen molar-refractivity contribution in [1.29, 1.82) is 0 Å². The molecule has 1 aliphatic carbocycles. The van der Waals surface area contributed by atoms with Gasteiger partial charge >= 0.3 is 0 Å². The summed E-state index contributed by atoms with van der Waals surface area (Å²) in [7, 11) is 0. The largest absolute Gasteiger partial charge is 0.390 e. The van der Waals surface area contributed by atoms with Crippen LogP contribution >= 0.6 is 0 Å². The molecule has 2 aromatic rings. The third-order valence-electron chi connectivity index (χ3n) is 7.54. The molecule has 1 fully saturated rings. The molecule has 31 heavy (non-hydrogen) atoms. The molecular formula is C25H34O6. The minimum Gasteiger partial charge on any atom is -0.390 e. The average Bonchev–Trinajstić information content (AvgIpc) is 3.10. The van der Waals surface area contributed by atoms with E-state index in [1.54, 1.807) is 48.5 Å². The fraction of sp³-hybridized carbons (Fsp3) is 0.520. The Morgan fingerprint density at radius 3 is 1.23 bits per heavy atom. The summed E-state index contributed by atoms with van der Waals surface area (Å²) >= 11 is 0. The van der Waals surface area contributed by atoms with Crippen molar-refractivity contribution in [3.63, 3.8) is 0 Å². The summed E-state index contributed by atoms with van der Waals surface area (Å²) in [5.41, 5.74) is -9.21. The zero-order valence-corrected chi connectivity index (χ0v) is 18.5. The first kappa shape index (κ1) is 23.9. The van der Waals surface area contributed by atoms with Crippen molar-refractivity contribution in [2.45, 2.75) is 75.1 Å². The Balaban J connectivity index is 2.12. The van der Waals surface area contributed by atoms with Crippen LogP contribution in [0.15, 0.2) is 60.7 Å². The van der Waals surface area contributed by atoms with E-state index in [2.05, 4.69) is 0 Å². The highest BCUT2D eigenvalue weighted by Gasteiger charge is 2.94. The van der Waals surface area contributed by atoms with E-state index in [0.717, 1.165) is 0 Å². The molecule has 0 amide bonds. The molecule has 0 radical (unpaired) electrons. The van der Waals surface area contributed by atoms with Crippen LogP contribution in [0.3, 0.4) is 0 Å². The molecule has 6 heteroatoms. The Bertz CT molecular complexity index is 825. The Morgan fingerprint density at radius 2 is 0.968 bits per heavy atom. The van der Waals surface area contributed by atoms with Gasteiger partial charge in [-0.15, -0.1) is 0 Å². The molecule has 170 valence electrons. The van der Waals surface area contributed by atoms with Crippen molar-refractivity contribution < 1.29 is 30.6 Å². The van der Waals surface area contributed by atoms with Gasteiger partial charge in [-0.2, -0.15) is 0 Å². The summed E-state index contributed by atoms with van der Waals surface area (Å²) in [4.78, 5) is 0. The lowest BCUT2D eigenvalue weighted by atomic mass is 9.74. The molecule has 3 rings (SSSR count). The number of benzene rings is 2. The van der Waals surface area contributed by atoms with Gasteiger partial charge in [0, 0.05) is 18.3 Å². The zero-order chi connectivity index (χ0) is 23.3. The van der Waals surface area contributed by atoms with Crippen LogP contribution in [0.1, 0.15) is 38.8 Å². The molecule has 2 unspecified atom stereocenters. The normalized spacial score (nSPS) is 30.6. The molecule has 1 saturated carbocycles. The maximum absolute atomic E-state index is 11.9. The Kier molecular flexibility index (Phi) is 5.89. The number of aliphatic hydroxyl groups excluding tert-OH is 2. The van der Waals surface area contributed by atoms with E-state index in [1.807, 2.05) is 12.1 Å². The first-order valence-corrected chi connectivity index (χ1v) is 10.6. The van der Waals surface area contributed by atoms with E-state index in [4.69, 9.17) is 0 Å². The van der Waals surface area contributed by atoms with Gasteiger partial charge in [0.1, 0.15) is 22.4 Å². The third kappa shape index (κ3) is 3.09. The van der Waals surface area contributed by atoms with Gasteiger partial charge < -0.3 is 30.6 Å². The molecule has 0 spiro atoms. The van der Waals surface area contributed by atoms with E-state index >= 15 is 0 Å². The zero-order valence-electron chi connectivity index (χ0n) is 18.5. The molecule has 6 N–H and O–H groups in total. The minimum atomic E-state index is -2.32. The fourth-order valence-corrected chi connectivity index (χ4v) is 5.51. The van der Waals surface area contributed by atoms with Gasteiger partial charge in [-0.1, -0.05) is 74.5 Å². The first-order valence-electron chi connectivity index (χ1n) is 10.6. The topological polar surface area (TPSA) is 121 Å². The van der Waals surface area contributed by atoms with Gasteiger partial charge in [-0.25, -0.2) is 0 Å². The molecule has 0 aliphatic heterocycles. The lowest BCUT2D eigenvalue weighted by Crippen LogP contribution is -2.66. The van der Waals surface area contributed by atoms with Crippen molar-refractivity contribution in [3.05, 3.63) is 71.8 Å². The second kappa shape index (κ2) is 7.66. The van der Waals surface area contributed by atoms with E-state index in [0.29, 0.717) is 11.1 Å². The second-order valence-electron chi connectivity index (χ2n) is 9.57. The van der Waals surface area contributed by atoms with Gasteiger partial charge in [-0.3, -0.25) is 0 Å². The summed E-state index contributed by atoms with van der Waals surface area (Å²) in [6.45, 7) is 5.72. The summed E-state index contributed by atoms with van der Waals surface area (Å²) in [6.07, 6.45) is -3.20. The summed E-state index contributed by atoms with van der Waals surface area (Å²) in [5.74, 6) is 0. The molecule has 0 aromatic heterocycles. The van der Waals surface area contributed by atoms with Crippen LogP contribution in [-0.2, 0) is 12.8 Å². The van der Waals surface area contributed by atoms with Crippen LogP contribution in [0.4, 0.5) is 0 Å². The van der Waals surface area contributed by atoms with Crippen LogP contribution in [-0.4, -0.2) is 65.3 Å². The van der Waals surface area contributed by atoms with Gasteiger partial charge in [0.15, 0.2) is 0 Å². The van der Waals surface area contributed by atoms with Gasteiger partial charge in [0.2, 0.25) is 0 Å². The van der Waals surface area contributed by atoms with Gasteiger partial charge in [-0.05, 0) is 25.0 Å². The second-order valence-corrected chi connectivity index (χ2v) is 9.57. The van der Waals surface area contributed by atoms with Crippen LogP contribution in [0.5, 0.6) is 0 Å². The molecule has 1 aliphatic rings. The molecule has 0 saturated heterocycles. The highest BCUT2D eigenvalue weighted by Crippen LogP contribution is 2.74. The van der Waals surface area contributed by atoms with E-state index in [1.165, 1.54) is 27.7 Å². The van der Waals surface area contributed by atoms with Crippen molar-refractivity contribution in [1.82, 2.24) is 0 Å². The summed E-state index contributed by atoms with van der Waals surface area (Å²) < 4.78 is 0. The number of hydrogen-bond acceptors (Lipinski definition) is 6. The van der Waals surface area contributed by atoms with Crippen molar-refractivity contribution >= 4 is 0 Å². The number of rotatable bonds is 8. The van der Waals surface area contributed by atoms with Crippen LogP contribution in [0, 0.1) is 5.41 Å². The number of aliphatic hydroxyl groups is 6. The van der Waals surface area contributed by atoms with Crippen molar-refractivity contribution in [2.24, 2.45) is 5.41 Å². The van der Waals surface area contributed by atoms with Crippen LogP contribution in [0.2, 0.25) is 0 Å². The third-order valence-corrected chi connectivity index (χ3v) is 7.54. The van der Waals surface area contributed by atoms with Gasteiger partial charge in [0.05, 0.1) is 12.2 Å². The van der Waals surface area contributed by atoms with E-state index in [-0.39, 0.29) is 12.8 Å². The lowest BCUT2D eigenvalue weighted by Gasteiger charge is -2.44. The predicted octanol–water partition coefficient (Wildman–Crippen LogP) is 1.20. The Hall–Kier alpha value is -1.80. The lowest BCUT2D eigenvalue weighted by molar-refractivity contribution is -0.228. The Morgan fingerprint density at radius 1 is 0.677 bits per heavy atom. The SMILES string of the molecule is CC(O)[C@](O)(Cc1ccccc1)[C@]1(O)C(C)(C)[C@@]1(O)[C@@](O)(Cc1ccccc1)C(C)O. The van der Waals surface area contributed by atoms with Gasteiger partial charge in [0.25, 0.3) is 0 Å². The standard InChI is InChI=1S/C25H34O6/c1-17(26)22(28,15-19-11-7-5-8-12-19)24(30)21(3,4)25(24,31)23(29,18(2)27)16-20-13-9-6-10-14-20/h5-14,17-18,26-31H,15-16H2,1-4H3/t17?,18?,22-,23-,24-,25-/m1/s1. The summed E-state index contributed by atoms with van der Waals surface area (Å²) in [5, 5.41) is 68.3. The van der Waals surface area contributed by atoms with E-state index < -0.39 is 40.0 Å². The first-order chi connectivity index (χ1) is 14.3. The monoisotopic (exact) mass is 430 g/mol. The van der Waals surface area contributed by atoms with Crippen molar-refractivity contribution in [3.8, 4) is 0 Å². The highest BCUT2D eigenvalue weighted by atomic mass is 16.5. The minimum absolute atomic E-state index is 0.158. The van der Waals surface area contributed by atoms with Crippen LogP contribution in [0.25, 0.3) is 0 Å². The molecule has 0 bridgehead atoms. The molecular weight excluding hydrogens is 396 g/mol. The van der Waals surface area contributed by atoms with E-state index in [9.17, 15) is 30.6 Å². The average molecular weight is 431 g/mol. The smallest absolute Gasteiger partial charge is 0.136 e. The highest BCUT2D eigenvalue weighted by molar-refractivity contribution is 5.46. The quantitative estimate of drug-likeness (QED) is 0.374.